The van der Waals surface area contributed by atoms with Gasteiger partial charge in [-0.2, -0.15) is 0 Å². The third-order valence-corrected chi connectivity index (χ3v) is 9.59. The smallest absolute Gasteiger partial charge is 0.334 e. The zero-order chi connectivity index (χ0) is 33.7. The van der Waals surface area contributed by atoms with Crippen LogP contribution in [0.15, 0.2) is 58.1 Å². The monoisotopic (exact) mass is 645 g/mol. The summed E-state index contributed by atoms with van der Waals surface area (Å²) in [5, 5.41) is 57.4. The molecule has 0 radical (unpaired) electrons. The first-order valence-corrected chi connectivity index (χ1v) is 17.1. The maximum atomic E-state index is 13.7. The summed E-state index contributed by atoms with van der Waals surface area (Å²) in [5.41, 5.74) is 3.34. The SMILES string of the molecule is C/C=C(C)/C=C(\C)C(O)C(C)C(O)C(O)C1C/C=C(C)\C=C\C(O)CC(O)C(C)c2nc(cs2)/C=C(\CCCCCC)C(=O)O1. The quantitative estimate of drug-likeness (QED) is 0.110. The van der Waals surface area contributed by atoms with Gasteiger partial charge in [-0.25, -0.2) is 9.78 Å². The van der Waals surface area contributed by atoms with Crippen molar-refractivity contribution in [2.45, 2.75) is 136 Å². The van der Waals surface area contributed by atoms with Crippen LogP contribution in [-0.2, 0) is 9.53 Å². The van der Waals surface area contributed by atoms with E-state index < -0.39 is 48.5 Å². The van der Waals surface area contributed by atoms with Gasteiger partial charge in [0, 0.05) is 35.6 Å². The third-order valence-electron chi connectivity index (χ3n) is 8.53. The van der Waals surface area contributed by atoms with Gasteiger partial charge in [0.2, 0.25) is 0 Å². The number of allylic oxidation sites excluding steroid dienone is 5. The van der Waals surface area contributed by atoms with Crippen molar-refractivity contribution in [3.8, 4) is 0 Å². The zero-order valence-corrected chi connectivity index (χ0v) is 28.8. The van der Waals surface area contributed by atoms with Gasteiger partial charge in [0.25, 0.3) is 0 Å². The van der Waals surface area contributed by atoms with Crippen LogP contribution < -0.4 is 0 Å². The van der Waals surface area contributed by atoms with Crippen LogP contribution in [0, 0.1) is 5.92 Å². The number of nitrogens with zero attached hydrogens (tertiary/aromatic N) is 1. The van der Waals surface area contributed by atoms with E-state index >= 15 is 0 Å². The van der Waals surface area contributed by atoms with E-state index in [0.717, 1.165) is 36.8 Å². The lowest BCUT2D eigenvalue weighted by atomic mass is 9.87. The molecule has 8 unspecified atom stereocenters. The van der Waals surface area contributed by atoms with Crippen LogP contribution in [0.25, 0.3) is 6.08 Å². The zero-order valence-electron chi connectivity index (χ0n) is 28.0. The molecule has 2 bridgehead atoms. The molecule has 0 aromatic carbocycles. The second-order valence-corrected chi connectivity index (χ2v) is 13.3. The molecule has 1 aliphatic rings. The van der Waals surface area contributed by atoms with Gasteiger partial charge in [0.1, 0.15) is 12.2 Å². The molecule has 1 aliphatic heterocycles. The molecule has 0 saturated heterocycles. The Bertz CT molecular complexity index is 1230. The number of hydrogen-bond acceptors (Lipinski definition) is 9. The minimum absolute atomic E-state index is 0.0924. The van der Waals surface area contributed by atoms with Gasteiger partial charge in [-0.3, -0.25) is 0 Å². The fourth-order valence-corrected chi connectivity index (χ4v) is 6.08. The fraction of sp³-hybridized carbons (Fsp3) is 0.611. The summed E-state index contributed by atoms with van der Waals surface area (Å²) in [6.07, 6.45) is 8.30. The number of carbonyl (C=O) groups is 1. The number of ether oxygens (including phenoxy) is 1. The molecule has 1 aromatic rings. The highest BCUT2D eigenvalue weighted by Crippen LogP contribution is 2.29. The molecule has 0 spiro atoms. The number of aromatic nitrogens is 1. The molecule has 9 heteroatoms. The van der Waals surface area contributed by atoms with E-state index in [2.05, 4.69) is 11.9 Å². The topological polar surface area (TPSA) is 140 Å². The van der Waals surface area contributed by atoms with Crippen LogP contribution in [0.2, 0.25) is 0 Å². The van der Waals surface area contributed by atoms with Crippen molar-refractivity contribution in [2.75, 3.05) is 0 Å². The number of aliphatic hydroxyl groups is 5. The number of esters is 1. The first-order chi connectivity index (χ1) is 21.3. The van der Waals surface area contributed by atoms with Gasteiger partial charge in [-0.05, 0) is 52.2 Å². The molecule has 45 heavy (non-hydrogen) atoms. The molecular weight excluding hydrogens is 590 g/mol. The van der Waals surface area contributed by atoms with Gasteiger partial charge in [-0.1, -0.05) is 81.6 Å². The van der Waals surface area contributed by atoms with Crippen LogP contribution in [0.3, 0.4) is 0 Å². The van der Waals surface area contributed by atoms with Crippen LogP contribution in [0.5, 0.6) is 0 Å². The van der Waals surface area contributed by atoms with Gasteiger partial charge < -0.3 is 30.3 Å². The average Bonchev–Trinajstić information content (AvgIpc) is 3.49. The number of unbranched alkanes of at least 4 members (excludes halogenated alkanes) is 3. The van der Waals surface area contributed by atoms with Crippen molar-refractivity contribution < 1.29 is 35.1 Å². The molecule has 0 aliphatic carbocycles. The fourth-order valence-electron chi connectivity index (χ4n) is 5.19. The highest BCUT2D eigenvalue weighted by molar-refractivity contribution is 7.09. The lowest BCUT2D eigenvalue weighted by molar-refractivity contribution is -0.158. The number of aliphatic hydroxyl groups excluding tert-OH is 5. The predicted octanol–water partition coefficient (Wildman–Crippen LogP) is 6.16. The van der Waals surface area contributed by atoms with Crippen LogP contribution >= 0.6 is 11.3 Å². The number of hydrogen-bond donors (Lipinski definition) is 5. The Hall–Kier alpha value is -2.40. The van der Waals surface area contributed by atoms with Crippen LogP contribution in [-0.4, -0.2) is 73.1 Å². The van der Waals surface area contributed by atoms with Crippen molar-refractivity contribution in [1.29, 1.82) is 0 Å². The lowest BCUT2D eigenvalue weighted by Crippen LogP contribution is -2.46. The van der Waals surface area contributed by atoms with E-state index in [9.17, 15) is 30.3 Å². The normalized spacial score (nSPS) is 28.5. The van der Waals surface area contributed by atoms with E-state index in [1.807, 2.05) is 45.2 Å². The average molecular weight is 646 g/mol. The maximum absolute atomic E-state index is 13.7. The van der Waals surface area contributed by atoms with E-state index in [4.69, 9.17) is 4.74 Å². The molecule has 252 valence electrons. The lowest BCUT2D eigenvalue weighted by Gasteiger charge is -2.32. The van der Waals surface area contributed by atoms with Crippen molar-refractivity contribution in [3.05, 3.63) is 68.8 Å². The molecule has 0 amide bonds. The molecule has 0 saturated carbocycles. The van der Waals surface area contributed by atoms with Crippen molar-refractivity contribution >= 4 is 23.4 Å². The summed E-state index contributed by atoms with van der Waals surface area (Å²) in [7, 11) is 0. The summed E-state index contributed by atoms with van der Waals surface area (Å²) in [4.78, 5) is 18.4. The second kappa shape index (κ2) is 19.3. The van der Waals surface area contributed by atoms with Crippen molar-refractivity contribution in [3.63, 3.8) is 0 Å². The standard InChI is InChI=1S/C36H55NO7S/c1-8-10-11-12-13-27-19-28-21-45-35(37-28)25(6)30(39)20-29(38)16-14-23(4)15-17-31(44-36(27)43)34(42)33(41)26(7)32(40)24(5)18-22(3)9-2/h9,14-16,18-19,21,25-26,29-34,38-42H,8,10-13,17,20H2,1-7H3/b16-14+,22-9+,23-15-,24-18+,27-19+. The summed E-state index contributed by atoms with van der Waals surface area (Å²) >= 11 is 1.38. The third kappa shape index (κ3) is 12.4. The number of carbonyl (C=O) groups excluding carboxylic acids is 1. The van der Waals surface area contributed by atoms with E-state index in [0.29, 0.717) is 28.3 Å². The molecule has 5 N–H and O–H groups in total. The second-order valence-electron chi connectivity index (χ2n) is 12.4. The summed E-state index contributed by atoms with van der Waals surface area (Å²) in [5.74, 6) is -1.67. The highest BCUT2D eigenvalue weighted by Gasteiger charge is 2.36. The number of fused-ring (bicyclic) bond motifs is 2. The Balaban J connectivity index is 2.49. The molecular formula is C36H55NO7S. The Morgan fingerprint density at radius 1 is 1.18 bits per heavy atom. The maximum Gasteiger partial charge on any atom is 0.334 e. The molecule has 8 nitrogen and oxygen atoms in total. The minimum Gasteiger partial charge on any atom is -0.456 e. The van der Waals surface area contributed by atoms with Crippen LogP contribution in [0.4, 0.5) is 0 Å². The number of rotatable bonds is 11. The van der Waals surface area contributed by atoms with Gasteiger partial charge >= 0.3 is 5.97 Å². The Kier molecular flexibility index (Phi) is 16.6. The highest BCUT2D eigenvalue weighted by atomic mass is 32.1. The van der Waals surface area contributed by atoms with Gasteiger partial charge in [-0.15, -0.1) is 11.3 Å². The van der Waals surface area contributed by atoms with E-state index in [-0.39, 0.29) is 18.8 Å². The first-order valence-electron chi connectivity index (χ1n) is 16.2. The van der Waals surface area contributed by atoms with E-state index in [1.54, 1.807) is 38.2 Å². The largest absolute Gasteiger partial charge is 0.456 e. The van der Waals surface area contributed by atoms with Crippen molar-refractivity contribution in [1.82, 2.24) is 4.98 Å². The molecule has 0 fully saturated rings. The first kappa shape index (κ1) is 38.8. The van der Waals surface area contributed by atoms with Gasteiger partial charge in [0.15, 0.2) is 0 Å². The summed E-state index contributed by atoms with van der Waals surface area (Å²) < 4.78 is 5.95. The summed E-state index contributed by atoms with van der Waals surface area (Å²) in [6.45, 7) is 13.0. The summed E-state index contributed by atoms with van der Waals surface area (Å²) in [6, 6.07) is 0. The van der Waals surface area contributed by atoms with E-state index in [1.165, 1.54) is 11.3 Å². The number of cyclic esters (lactones) is 1. The van der Waals surface area contributed by atoms with Crippen LogP contribution in [0.1, 0.15) is 110 Å². The Morgan fingerprint density at radius 3 is 2.56 bits per heavy atom. The van der Waals surface area contributed by atoms with Crippen molar-refractivity contribution in [2.24, 2.45) is 5.92 Å². The number of thiazole rings is 1. The van der Waals surface area contributed by atoms with Gasteiger partial charge in [0.05, 0.1) is 35.1 Å². The molecule has 2 rings (SSSR count). The minimum atomic E-state index is -1.49. The Labute approximate surface area is 273 Å². The molecule has 1 aromatic heterocycles. The predicted molar refractivity (Wildman–Crippen MR) is 182 cm³/mol. The Morgan fingerprint density at radius 2 is 1.89 bits per heavy atom. The molecule has 8 atom stereocenters. The molecule has 2 heterocycles.